The molecule has 0 radical (unpaired) electrons. The molecule has 0 amide bonds. The zero-order valence-corrected chi connectivity index (χ0v) is 23.4. The average molecular weight is 621 g/mol. The highest BCUT2D eigenvalue weighted by Crippen LogP contribution is 2.40. The Hall–Kier alpha value is -4.07. The third-order valence-corrected chi connectivity index (χ3v) is 8.09. The quantitative estimate of drug-likeness (QED) is 0.216. The molecule has 0 saturated carbocycles. The predicted octanol–water partition coefficient (Wildman–Crippen LogP) is 7.00. The van der Waals surface area contributed by atoms with Crippen molar-refractivity contribution >= 4 is 5.82 Å². The van der Waals surface area contributed by atoms with Gasteiger partial charge in [-0.25, -0.2) is 14.4 Å². The third-order valence-electron chi connectivity index (χ3n) is 8.09. The minimum absolute atomic E-state index is 0.0860. The normalized spacial score (nSPS) is 19.7. The number of hydrogen-bond acceptors (Lipinski definition) is 6. The largest absolute Gasteiger partial charge is 0.416 e. The van der Waals surface area contributed by atoms with Crippen molar-refractivity contribution < 1.29 is 35.5 Å². The SMILES string of the molecule is CC(OC1Cc2nnc(-c3cnc(N4CCCC4)cn3)n2CC1c1ccc(F)cc1)c1cc(C(F)(F)F)cc(C(F)(F)F)c1. The standard InChI is InChI=1S/C30H27F7N6O/c1-17(19-10-20(29(32,33)34)12-21(11-19)30(35,36)37)44-25-13-26-40-41-28(24-14-39-27(15-38-24)42-8-2-3-9-42)43(26)16-23(25)18-4-6-22(31)7-5-18/h4-7,10-12,14-15,17,23,25H,2-3,8-9,13,16H2,1H3. The molecule has 6 rings (SSSR count). The maximum atomic E-state index is 13.8. The van der Waals surface area contributed by atoms with Crippen molar-refractivity contribution in [2.45, 2.75) is 63.2 Å². The number of benzene rings is 2. The van der Waals surface area contributed by atoms with Crippen molar-refractivity contribution in [2.75, 3.05) is 18.0 Å². The van der Waals surface area contributed by atoms with Gasteiger partial charge >= 0.3 is 12.4 Å². The number of fused-ring (bicyclic) bond motifs is 1. The number of ether oxygens (including phenoxy) is 1. The molecule has 2 aliphatic heterocycles. The third kappa shape index (κ3) is 6.12. The Kier molecular flexibility index (Phi) is 7.80. The maximum absolute atomic E-state index is 13.8. The highest BCUT2D eigenvalue weighted by atomic mass is 19.4. The number of halogens is 7. The van der Waals surface area contributed by atoms with Crippen LogP contribution in [-0.4, -0.2) is 43.9 Å². The topological polar surface area (TPSA) is 69.0 Å². The molecule has 2 aromatic carbocycles. The molecular formula is C30H27F7N6O. The zero-order chi connectivity index (χ0) is 31.2. The van der Waals surface area contributed by atoms with E-state index in [-0.39, 0.29) is 24.6 Å². The first-order chi connectivity index (χ1) is 20.9. The van der Waals surface area contributed by atoms with Gasteiger partial charge in [0.2, 0.25) is 0 Å². The van der Waals surface area contributed by atoms with E-state index >= 15 is 0 Å². The molecule has 7 nitrogen and oxygen atoms in total. The summed E-state index contributed by atoms with van der Waals surface area (Å²) in [4.78, 5) is 11.2. The Balaban J connectivity index is 1.32. The van der Waals surface area contributed by atoms with Gasteiger partial charge < -0.3 is 14.2 Å². The predicted molar refractivity (Wildman–Crippen MR) is 145 cm³/mol. The Morgan fingerprint density at radius 2 is 1.52 bits per heavy atom. The minimum Gasteiger partial charge on any atom is -0.369 e. The van der Waals surface area contributed by atoms with E-state index in [1.165, 1.54) is 19.1 Å². The van der Waals surface area contributed by atoms with Crippen LogP contribution in [0.15, 0.2) is 54.9 Å². The summed E-state index contributed by atoms with van der Waals surface area (Å²) in [6.45, 7) is 3.46. The first-order valence-corrected chi connectivity index (χ1v) is 14.1. The maximum Gasteiger partial charge on any atom is 0.416 e. The second kappa shape index (κ2) is 11.5. The summed E-state index contributed by atoms with van der Waals surface area (Å²) < 4.78 is 103. The molecule has 232 valence electrons. The van der Waals surface area contributed by atoms with Crippen molar-refractivity contribution in [3.63, 3.8) is 0 Å². The molecule has 0 N–H and O–H groups in total. The van der Waals surface area contributed by atoms with Gasteiger partial charge in [-0.05, 0) is 61.2 Å². The van der Waals surface area contributed by atoms with E-state index in [9.17, 15) is 30.7 Å². The molecule has 0 spiro atoms. The Morgan fingerprint density at radius 3 is 2.11 bits per heavy atom. The van der Waals surface area contributed by atoms with Crippen molar-refractivity contribution in [1.29, 1.82) is 0 Å². The molecule has 4 aromatic rings. The van der Waals surface area contributed by atoms with Crippen LogP contribution in [0.2, 0.25) is 0 Å². The van der Waals surface area contributed by atoms with Crippen LogP contribution in [0.3, 0.4) is 0 Å². The molecule has 0 aliphatic carbocycles. The van der Waals surface area contributed by atoms with E-state index in [0.717, 1.165) is 31.7 Å². The summed E-state index contributed by atoms with van der Waals surface area (Å²) >= 11 is 0. The van der Waals surface area contributed by atoms with Gasteiger partial charge in [-0.15, -0.1) is 10.2 Å². The summed E-state index contributed by atoms with van der Waals surface area (Å²) in [5.41, 5.74) is -1.95. The van der Waals surface area contributed by atoms with E-state index < -0.39 is 47.4 Å². The second-order valence-corrected chi connectivity index (χ2v) is 11.0. The number of aromatic nitrogens is 5. The zero-order valence-electron chi connectivity index (χ0n) is 23.4. The van der Waals surface area contributed by atoms with Gasteiger partial charge in [0.25, 0.3) is 0 Å². The first-order valence-electron chi connectivity index (χ1n) is 14.1. The lowest BCUT2D eigenvalue weighted by Gasteiger charge is -2.35. The summed E-state index contributed by atoms with van der Waals surface area (Å²) in [6.07, 6.45) is -6.23. The fourth-order valence-corrected chi connectivity index (χ4v) is 5.78. The van der Waals surface area contributed by atoms with Crippen LogP contribution in [0.5, 0.6) is 0 Å². The molecule has 3 atom stereocenters. The lowest BCUT2D eigenvalue weighted by molar-refractivity contribution is -0.143. The Labute approximate surface area is 247 Å². The van der Waals surface area contributed by atoms with Gasteiger partial charge in [0, 0.05) is 32.0 Å². The number of anilines is 1. The summed E-state index contributed by atoms with van der Waals surface area (Å²) in [5, 5.41) is 8.61. The summed E-state index contributed by atoms with van der Waals surface area (Å²) in [7, 11) is 0. The minimum atomic E-state index is -4.99. The second-order valence-electron chi connectivity index (χ2n) is 11.0. The number of rotatable bonds is 6. The molecular weight excluding hydrogens is 593 g/mol. The molecule has 1 saturated heterocycles. The van der Waals surface area contributed by atoms with Crippen LogP contribution >= 0.6 is 0 Å². The van der Waals surface area contributed by atoms with Crippen LogP contribution < -0.4 is 4.90 Å². The van der Waals surface area contributed by atoms with Crippen molar-refractivity contribution in [3.8, 4) is 11.5 Å². The van der Waals surface area contributed by atoms with Crippen molar-refractivity contribution in [2.24, 2.45) is 0 Å². The van der Waals surface area contributed by atoms with Crippen LogP contribution in [0.25, 0.3) is 11.5 Å². The molecule has 14 heteroatoms. The molecule has 1 fully saturated rings. The Morgan fingerprint density at radius 1 is 0.864 bits per heavy atom. The number of alkyl halides is 6. The fourth-order valence-electron chi connectivity index (χ4n) is 5.78. The van der Waals surface area contributed by atoms with Gasteiger partial charge in [-0.1, -0.05) is 12.1 Å². The van der Waals surface area contributed by atoms with Gasteiger partial charge in [0.15, 0.2) is 5.82 Å². The molecule has 2 aromatic heterocycles. The van der Waals surface area contributed by atoms with Crippen molar-refractivity contribution in [1.82, 2.24) is 24.7 Å². The van der Waals surface area contributed by atoms with E-state index in [1.54, 1.807) is 24.5 Å². The van der Waals surface area contributed by atoms with Crippen LogP contribution in [-0.2, 0) is 30.1 Å². The highest BCUT2D eigenvalue weighted by molar-refractivity contribution is 5.51. The van der Waals surface area contributed by atoms with E-state index in [4.69, 9.17) is 4.74 Å². The van der Waals surface area contributed by atoms with Gasteiger partial charge in [0.1, 0.15) is 23.2 Å². The molecule has 2 aliphatic rings. The molecule has 4 heterocycles. The van der Waals surface area contributed by atoms with Crippen molar-refractivity contribution in [3.05, 3.63) is 88.8 Å². The van der Waals surface area contributed by atoms with Crippen LogP contribution in [0.1, 0.15) is 59.9 Å². The molecule has 44 heavy (non-hydrogen) atoms. The molecule has 3 unspecified atom stereocenters. The smallest absolute Gasteiger partial charge is 0.369 e. The Bertz CT molecular complexity index is 1580. The fraction of sp³-hybridized carbons (Fsp3) is 0.400. The summed E-state index contributed by atoms with van der Waals surface area (Å²) in [5.74, 6) is 0.787. The van der Waals surface area contributed by atoms with Gasteiger partial charge in [0.05, 0.1) is 35.7 Å². The molecule has 0 bridgehead atoms. The highest BCUT2D eigenvalue weighted by Gasteiger charge is 2.39. The average Bonchev–Trinajstić information content (AvgIpc) is 3.67. The van der Waals surface area contributed by atoms with E-state index in [1.807, 2.05) is 4.57 Å². The van der Waals surface area contributed by atoms with E-state index in [2.05, 4.69) is 25.1 Å². The summed E-state index contributed by atoms with van der Waals surface area (Å²) in [6, 6.07) is 7.14. The van der Waals surface area contributed by atoms with Gasteiger partial charge in [-0.3, -0.25) is 0 Å². The monoisotopic (exact) mass is 620 g/mol. The van der Waals surface area contributed by atoms with E-state index in [0.29, 0.717) is 35.0 Å². The van der Waals surface area contributed by atoms with Crippen LogP contribution in [0, 0.1) is 5.82 Å². The van der Waals surface area contributed by atoms with Gasteiger partial charge in [-0.2, -0.15) is 26.3 Å². The first kappa shape index (κ1) is 30.0. The lowest BCUT2D eigenvalue weighted by atomic mass is 9.88. The van der Waals surface area contributed by atoms with Crippen LogP contribution in [0.4, 0.5) is 36.6 Å². The number of hydrogen-bond donors (Lipinski definition) is 0. The number of nitrogens with zero attached hydrogens (tertiary/aromatic N) is 6. The lowest BCUT2D eigenvalue weighted by Crippen LogP contribution is -2.35.